The molecule has 0 fully saturated rings. The number of aromatic nitrogens is 1. The summed E-state index contributed by atoms with van der Waals surface area (Å²) < 4.78 is 43.6. The number of likely N-dealkylation sites (N-methyl/N-ethyl adjacent to an activating group) is 1. The van der Waals surface area contributed by atoms with Crippen LogP contribution in [0.1, 0.15) is 21.5 Å². The first kappa shape index (κ1) is 28.5. The van der Waals surface area contributed by atoms with Gasteiger partial charge in [-0.1, -0.05) is 36.4 Å². The summed E-state index contributed by atoms with van der Waals surface area (Å²) in [6.45, 7) is 1.20. The van der Waals surface area contributed by atoms with Gasteiger partial charge in [0.15, 0.2) is 0 Å². The van der Waals surface area contributed by atoms with Gasteiger partial charge in [0.1, 0.15) is 0 Å². The van der Waals surface area contributed by atoms with Crippen LogP contribution in [0, 0.1) is 11.3 Å². The number of para-hydroxylation sites is 1. The number of nitrogens with zero attached hydrogens (tertiary/aromatic N) is 3. The molecular formula is C29H26ClF3N4O. The number of rotatable bonds is 7. The summed E-state index contributed by atoms with van der Waals surface area (Å²) in [6, 6.07) is 24.5. The van der Waals surface area contributed by atoms with Gasteiger partial charge in [0.05, 0.1) is 34.3 Å². The van der Waals surface area contributed by atoms with E-state index < -0.39 is 11.7 Å². The minimum atomic E-state index is -4.56. The molecule has 0 bridgehead atoms. The Hall–Kier alpha value is -4.06. The maximum absolute atomic E-state index is 14.0. The van der Waals surface area contributed by atoms with E-state index in [4.69, 9.17) is 5.26 Å². The monoisotopic (exact) mass is 538 g/mol. The van der Waals surface area contributed by atoms with Crippen molar-refractivity contribution in [2.45, 2.75) is 6.18 Å². The highest BCUT2D eigenvalue weighted by molar-refractivity contribution is 5.94. The molecule has 38 heavy (non-hydrogen) atoms. The van der Waals surface area contributed by atoms with Gasteiger partial charge in [0.2, 0.25) is 0 Å². The Labute approximate surface area is 225 Å². The van der Waals surface area contributed by atoms with E-state index in [1.807, 2.05) is 19.0 Å². The van der Waals surface area contributed by atoms with Crippen molar-refractivity contribution < 1.29 is 18.0 Å². The van der Waals surface area contributed by atoms with Crippen LogP contribution in [0.15, 0.2) is 84.9 Å². The zero-order valence-corrected chi connectivity index (χ0v) is 21.6. The van der Waals surface area contributed by atoms with Crippen molar-refractivity contribution in [1.82, 2.24) is 14.8 Å². The van der Waals surface area contributed by atoms with Gasteiger partial charge in [-0.05, 0) is 73.8 Å². The second-order valence-electron chi connectivity index (χ2n) is 8.78. The molecule has 0 atom stereocenters. The second kappa shape index (κ2) is 12.0. The van der Waals surface area contributed by atoms with E-state index in [1.165, 1.54) is 12.1 Å². The van der Waals surface area contributed by atoms with Crippen molar-refractivity contribution >= 4 is 18.3 Å². The maximum Gasteiger partial charge on any atom is 0.418 e. The topological polar surface area (TPSA) is 61.1 Å². The average Bonchev–Trinajstić information content (AvgIpc) is 3.33. The predicted octanol–water partition coefficient (Wildman–Crippen LogP) is 6.41. The lowest BCUT2D eigenvalue weighted by Gasteiger charge is -2.19. The van der Waals surface area contributed by atoms with Crippen LogP contribution >= 0.6 is 12.4 Å². The highest BCUT2D eigenvalue weighted by Crippen LogP contribution is 2.39. The van der Waals surface area contributed by atoms with Crippen LogP contribution < -0.4 is 5.32 Å². The molecule has 3 aromatic carbocycles. The molecule has 0 spiro atoms. The van der Waals surface area contributed by atoms with Crippen LogP contribution in [0.3, 0.4) is 0 Å². The third kappa shape index (κ3) is 6.25. The number of amides is 1. The predicted molar refractivity (Wildman–Crippen MR) is 144 cm³/mol. The van der Waals surface area contributed by atoms with Gasteiger partial charge >= 0.3 is 6.18 Å². The summed E-state index contributed by atoms with van der Waals surface area (Å²) in [6.07, 6.45) is -4.56. The number of carbonyl (C=O) groups is 1. The zero-order chi connectivity index (χ0) is 26.6. The highest BCUT2D eigenvalue weighted by atomic mass is 35.5. The molecule has 5 nitrogen and oxygen atoms in total. The third-order valence-corrected chi connectivity index (χ3v) is 5.93. The number of nitriles is 1. The van der Waals surface area contributed by atoms with Gasteiger partial charge in [-0.2, -0.15) is 18.4 Å². The van der Waals surface area contributed by atoms with E-state index in [0.29, 0.717) is 46.7 Å². The molecule has 0 saturated carbocycles. The summed E-state index contributed by atoms with van der Waals surface area (Å²) >= 11 is 0. The van der Waals surface area contributed by atoms with Crippen LogP contribution in [0.2, 0.25) is 0 Å². The fourth-order valence-electron chi connectivity index (χ4n) is 4.06. The molecule has 1 N–H and O–H groups in total. The molecule has 0 radical (unpaired) electrons. The van der Waals surface area contributed by atoms with Crippen LogP contribution in [0.5, 0.6) is 0 Å². The fraction of sp³-hybridized carbons (Fsp3) is 0.172. The fourth-order valence-corrected chi connectivity index (χ4v) is 4.06. The molecule has 0 aliphatic heterocycles. The van der Waals surface area contributed by atoms with Crippen molar-refractivity contribution in [3.63, 3.8) is 0 Å². The SMILES string of the molecule is CN(C)CCNC(=O)c1ccc(-c2ccc(-c3ccc(C#N)cc3)n2-c2ccccc2C(F)(F)F)cc1.Cl. The Bertz CT molecular complexity index is 1440. The lowest BCUT2D eigenvalue weighted by Crippen LogP contribution is -2.31. The summed E-state index contributed by atoms with van der Waals surface area (Å²) in [4.78, 5) is 14.4. The number of hydrogen-bond acceptors (Lipinski definition) is 3. The molecule has 1 heterocycles. The van der Waals surface area contributed by atoms with Gasteiger partial charge in [-0.25, -0.2) is 0 Å². The molecule has 9 heteroatoms. The zero-order valence-electron chi connectivity index (χ0n) is 20.8. The van der Waals surface area contributed by atoms with Gasteiger partial charge < -0.3 is 14.8 Å². The van der Waals surface area contributed by atoms with Gasteiger partial charge in [-0.15, -0.1) is 12.4 Å². The van der Waals surface area contributed by atoms with Crippen molar-refractivity contribution in [3.8, 4) is 34.3 Å². The first-order valence-corrected chi connectivity index (χ1v) is 11.6. The van der Waals surface area contributed by atoms with Crippen molar-refractivity contribution in [2.75, 3.05) is 27.2 Å². The molecule has 0 aliphatic rings. The number of halogens is 4. The Morgan fingerprint density at radius 1 is 0.895 bits per heavy atom. The summed E-state index contributed by atoms with van der Waals surface area (Å²) in [7, 11) is 3.83. The quantitative estimate of drug-likeness (QED) is 0.295. The van der Waals surface area contributed by atoms with E-state index >= 15 is 0 Å². The Kier molecular flexibility index (Phi) is 9.00. The Morgan fingerprint density at radius 3 is 1.97 bits per heavy atom. The van der Waals surface area contributed by atoms with E-state index in [-0.39, 0.29) is 24.0 Å². The van der Waals surface area contributed by atoms with E-state index in [0.717, 1.165) is 6.07 Å². The Balaban J connectivity index is 0.00000400. The number of hydrogen-bond donors (Lipinski definition) is 1. The lowest BCUT2D eigenvalue weighted by molar-refractivity contribution is -0.137. The molecule has 4 aromatic rings. The van der Waals surface area contributed by atoms with Crippen LogP contribution in [0.4, 0.5) is 13.2 Å². The lowest BCUT2D eigenvalue weighted by atomic mass is 10.1. The minimum Gasteiger partial charge on any atom is -0.351 e. The van der Waals surface area contributed by atoms with E-state index in [2.05, 4.69) is 11.4 Å². The molecule has 1 aromatic heterocycles. The molecule has 1 amide bonds. The first-order valence-electron chi connectivity index (χ1n) is 11.6. The van der Waals surface area contributed by atoms with Crippen LogP contribution in [-0.2, 0) is 6.18 Å². The van der Waals surface area contributed by atoms with Gasteiger partial charge in [0.25, 0.3) is 5.91 Å². The number of nitrogens with one attached hydrogen (secondary N) is 1. The number of alkyl halides is 3. The molecule has 0 aliphatic carbocycles. The van der Waals surface area contributed by atoms with E-state index in [1.54, 1.807) is 71.3 Å². The minimum absolute atomic E-state index is 0. The summed E-state index contributed by atoms with van der Waals surface area (Å²) in [5.41, 5.74) is 2.54. The van der Waals surface area contributed by atoms with Crippen LogP contribution in [-0.4, -0.2) is 42.6 Å². The highest BCUT2D eigenvalue weighted by Gasteiger charge is 2.34. The maximum atomic E-state index is 14.0. The summed E-state index contributed by atoms with van der Waals surface area (Å²) in [5, 5.41) is 12.0. The average molecular weight is 539 g/mol. The molecule has 0 saturated heterocycles. The number of carbonyl (C=O) groups excluding carboxylic acids is 1. The van der Waals surface area contributed by atoms with Crippen molar-refractivity contribution in [3.05, 3.63) is 102 Å². The first-order chi connectivity index (χ1) is 17.7. The standard InChI is InChI=1S/C29H25F3N4O.ClH/c1-35(2)18-17-34-28(37)23-13-11-22(12-14-23)26-16-15-25(21-9-7-20(19-33)8-10-21)36(26)27-6-4-3-5-24(27)29(30,31)32;/h3-16H,17-18H2,1-2H3,(H,34,37);1H. The van der Waals surface area contributed by atoms with Crippen LogP contribution in [0.25, 0.3) is 28.2 Å². The molecular weight excluding hydrogens is 513 g/mol. The van der Waals surface area contributed by atoms with Gasteiger partial charge in [-0.3, -0.25) is 4.79 Å². The Morgan fingerprint density at radius 2 is 1.45 bits per heavy atom. The van der Waals surface area contributed by atoms with Crippen molar-refractivity contribution in [2.24, 2.45) is 0 Å². The largest absolute Gasteiger partial charge is 0.418 e. The van der Waals surface area contributed by atoms with Crippen molar-refractivity contribution in [1.29, 1.82) is 5.26 Å². The molecule has 4 rings (SSSR count). The van der Waals surface area contributed by atoms with E-state index in [9.17, 15) is 18.0 Å². The third-order valence-electron chi connectivity index (χ3n) is 5.93. The molecule has 0 unspecified atom stereocenters. The van der Waals surface area contributed by atoms with Gasteiger partial charge in [0, 0.05) is 18.7 Å². The summed E-state index contributed by atoms with van der Waals surface area (Å²) in [5.74, 6) is -0.218. The molecule has 196 valence electrons. The smallest absolute Gasteiger partial charge is 0.351 e. The normalized spacial score (nSPS) is 11.1. The number of benzene rings is 3. The second-order valence-corrected chi connectivity index (χ2v) is 8.78.